The molecule has 0 radical (unpaired) electrons. The molecule has 34 heavy (non-hydrogen) atoms. The van der Waals surface area contributed by atoms with Crippen molar-refractivity contribution >= 4 is 22.2 Å². The molecule has 4 aromatic rings. The number of benzene rings is 1. The number of ether oxygens (including phenoxy) is 1. The van der Waals surface area contributed by atoms with E-state index in [1.807, 2.05) is 56.9 Å². The second-order valence-corrected chi connectivity index (χ2v) is 8.87. The van der Waals surface area contributed by atoms with Crippen LogP contribution < -0.4 is 9.64 Å². The van der Waals surface area contributed by atoms with Crippen LogP contribution in [-0.4, -0.2) is 39.8 Å². The van der Waals surface area contributed by atoms with E-state index in [0.717, 1.165) is 46.9 Å². The third-order valence-electron chi connectivity index (χ3n) is 6.63. The number of nitrogens with zero attached hydrogens (tertiary/aromatic N) is 5. The lowest BCUT2D eigenvalue weighted by atomic mass is 9.58. The van der Waals surface area contributed by atoms with Crippen LogP contribution in [0, 0.1) is 17.2 Å². The minimum Gasteiger partial charge on any atom is -0.494 e. The maximum Gasteiger partial charge on any atom is 0.167 e. The van der Waals surface area contributed by atoms with Gasteiger partial charge in [-0.15, -0.1) is 0 Å². The van der Waals surface area contributed by atoms with E-state index < -0.39 is 5.82 Å². The lowest BCUT2D eigenvalue weighted by Crippen LogP contribution is -2.62. The topological polar surface area (TPSA) is 55.6 Å². The summed E-state index contributed by atoms with van der Waals surface area (Å²) in [5.41, 5.74) is 4.76. The molecule has 1 aromatic carbocycles. The number of anilines is 1. The Kier molecular flexibility index (Phi) is 6.73. The molecule has 7 heteroatoms. The van der Waals surface area contributed by atoms with Gasteiger partial charge in [0, 0.05) is 41.7 Å². The van der Waals surface area contributed by atoms with Gasteiger partial charge in [-0.05, 0) is 36.5 Å². The van der Waals surface area contributed by atoms with Gasteiger partial charge in [-0.3, -0.25) is 4.98 Å². The van der Waals surface area contributed by atoms with Gasteiger partial charge in [-0.1, -0.05) is 34.6 Å². The zero-order chi connectivity index (χ0) is 24.5. The molecule has 1 aliphatic carbocycles. The highest BCUT2D eigenvalue weighted by atomic mass is 19.1. The quantitative estimate of drug-likeness (QED) is 0.353. The third kappa shape index (κ3) is 3.97. The summed E-state index contributed by atoms with van der Waals surface area (Å²) in [6, 6.07) is 4.99. The summed E-state index contributed by atoms with van der Waals surface area (Å²) in [5, 5.41) is 5.35. The Morgan fingerprint density at radius 1 is 1.03 bits per heavy atom. The summed E-state index contributed by atoms with van der Waals surface area (Å²) in [4.78, 5) is 11.4. The van der Waals surface area contributed by atoms with Crippen molar-refractivity contribution < 1.29 is 9.13 Å². The second kappa shape index (κ2) is 9.57. The summed E-state index contributed by atoms with van der Waals surface area (Å²) in [6.45, 7) is 12.6. The van der Waals surface area contributed by atoms with Gasteiger partial charge < -0.3 is 9.64 Å². The molecule has 1 saturated heterocycles. The van der Waals surface area contributed by atoms with Crippen molar-refractivity contribution in [2.75, 3.05) is 25.1 Å². The van der Waals surface area contributed by atoms with Gasteiger partial charge in [-0.25, -0.2) is 13.9 Å². The number of halogens is 1. The molecule has 2 aliphatic rings. The predicted octanol–water partition coefficient (Wildman–Crippen LogP) is 6.38. The first-order valence-electron chi connectivity index (χ1n) is 12.3. The second-order valence-electron chi connectivity index (χ2n) is 8.87. The summed E-state index contributed by atoms with van der Waals surface area (Å²) >= 11 is 0. The Morgan fingerprint density at radius 2 is 1.76 bits per heavy atom. The van der Waals surface area contributed by atoms with Crippen LogP contribution >= 0.6 is 0 Å². The predicted molar refractivity (Wildman–Crippen MR) is 136 cm³/mol. The average molecular weight is 464 g/mol. The van der Waals surface area contributed by atoms with E-state index >= 15 is 0 Å². The molecule has 3 aromatic heterocycles. The Morgan fingerprint density at radius 3 is 2.44 bits per heavy atom. The molecule has 0 amide bonds. The first-order valence-corrected chi connectivity index (χ1v) is 12.3. The molecule has 2 fully saturated rings. The molecular formula is C27H34FN5O. The standard InChI is InChI=1S/C23H22FN5O.2C2H6/c1-14-7-23(8-14)12-28(13-23)15-9-26-22-18(10-27-29(22)11-15)16-3-4-25-20-6-19(24)21(30-2)5-17(16)20;2*1-2/h3-6,9-11,14H,7-8,12-13H2,1-2H3;2*1-2H3. The van der Waals surface area contributed by atoms with Crippen LogP contribution in [0.5, 0.6) is 5.75 Å². The summed E-state index contributed by atoms with van der Waals surface area (Å²) < 4.78 is 21.1. The van der Waals surface area contributed by atoms with E-state index in [-0.39, 0.29) is 5.75 Å². The molecule has 0 atom stereocenters. The van der Waals surface area contributed by atoms with Gasteiger partial charge >= 0.3 is 0 Å². The van der Waals surface area contributed by atoms with Crippen LogP contribution in [0.15, 0.2) is 43.0 Å². The SMILES string of the molecule is CC.CC.COc1cc2c(-c3cnn4cc(N5CC6(CC(C)C6)C5)cnc34)ccnc2cc1F. The minimum atomic E-state index is -0.426. The van der Waals surface area contributed by atoms with Crippen LogP contribution in [0.25, 0.3) is 27.7 Å². The van der Waals surface area contributed by atoms with E-state index in [1.165, 1.54) is 26.0 Å². The summed E-state index contributed by atoms with van der Waals surface area (Å²) in [7, 11) is 1.46. The zero-order valence-corrected chi connectivity index (χ0v) is 21.0. The monoisotopic (exact) mass is 463 g/mol. The number of aromatic nitrogens is 4. The Balaban J connectivity index is 0.000000652. The van der Waals surface area contributed by atoms with Crippen LogP contribution in [0.2, 0.25) is 0 Å². The van der Waals surface area contributed by atoms with E-state index in [4.69, 9.17) is 9.72 Å². The Bertz CT molecular complexity index is 1290. The fourth-order valence-electron chi connectivity index (χ4n) is 5.38. The summed E-state index contributed by atoms with van der Waals surface area (Å²) in [6.07, 6.45) is 10.1. The van der Waals surface area contributed by atoms with Gasteiger partial charge in [-0.2, -0.15) is 5.10 Å². The van der Waals surface area contributed by atoms with E-state index in [0.29, 0.717) is 10.9 Å². The first kappa shape index (κ1) is 23.9. The van der Waals surface area contributed by atoms with Crippen molar-refractivity contribution in [2.24, 2.45) is 11.3 Å². The van der Waals surface area contributed by atoms with E-state index in [9.17, 15) is 4.39 Å². The normalized spacial score (nSPS) is 16.3. The maximum atomic E-state index is 14.1. The van der Waals surface area contributed by atoms with Crippen molar-refractivity contribution in [1.82, 2.24) is 19.6 Å². The van der Waals surface area contributed by atoms with Gasteiger partial charge in [0.05, 0.1) is 36.9 Å². The highest BCUT2D eigenvalue weighted by Crippen LogP contribution is 2.52. The molecule has 1 aliphatic heterocycles. The van der Waals surface area contributed by atoms with Crippen molar-refractivity contribution in [3.05, 3.63) is 48.8 Å². The summed E-state index contributed by atoms with van der Waals surface area (Å²) in [5.74, 6) is 0.634. The fraction of sp³-hybridized carbons (Fsp3) is 0.444. The van der Waals surface area contributed by atoms with Crippen LogP contribution in [0.3, 0.4) is 0 Å². The van der Waals surface area contributed by atoms with E-state index in [1.54, 1.807) is 12.3 Å². The van der Waals surface area contributed by atoms with Gasteiger partial charge in [0.25, 0.3) is 0 Å². The lowest BCUT2D eigenvalue weighted by molar-refractivity contribution is 0.0336. The molecule has 0 N–H and O–H groups in total. The zero-order valence-electron chi connectivity index (χ0n) is 21.0. The molecule has 180 valence electrons. The third-order valence-corrected chi connectivity index (χ3v) is 6.63. The molecule has 1 spiro atoms. The lowest BCUT2D eigenvalue weighted by Gasteiger charge is -2.59. The maximum absolute atomic E-state index is 14.1. The number of hydrogen-bond donors (Lipinski definition) is 0. The first-order chi connectivity index (χ1) is 16.5. The number of pyridine rings is 1. The highest BCUT2D eigenvalue weighted by molar-refractivity contribution is 5.98. The molecule has 6 nitrogen and oxygen atoms in total. The molecule has 6 rings (SSSR count). The van der Waals surface area contributed by atoms with Gasteiger partial charge in [0.2, 0.25) is 0 Å². The minimum absolute atomic E-state index is 0.195. The largest absolute Gasteiger partial charge is 0.494 e. The molecule has 0 bridgehead atoms. The molecule has 4 heterocycles. The van der Waals surface area contributed by atoms with Crippen LogP contribution in [0.1, 0.15) is 47.5 Å². The molecular weight excluding hydrogens is 429 g/mol. The van der Waals surface area contributed by atoms with Crippen molar-refractivity contribution in [2.45, 2.75) is 47.5 Å². The fourth-order valence-corrected chi connectivity index (χ4v) is 5.38. The number of hydrogen-bond acceptors (Lipinski definition) is 5. The molecule has 0 unspecified atom stereocenters. The van der Waals surface area contributed by atoms with Crippen LogP contribution in [-0.2, 0) is 0 Å². The average Bonchev–Trinajstić information content (AvgIpc) is 3.25. The number of rotatable bonds is 3. The highest BCUT2D eigenvalue weighted by Gasteiger charge is 2.50. The van der Waals surface area contributed by atoms with Gasteiger partial charge in [0.1, 0.15) is 0 Å². The van der Waals surface area contributed by atoms with Crippen molar-refractivity contribution in [3.63, 3.8) is 0 Å². The van der Waals surface area contributed by atoms with E-state index in [2.05, 4.69) is 21.9 Å². The van der Waals surface area contributed by atoms with Crippen molar-refractivity contribution in [3.8, 4) is 16.9 Å². The Labute approximate surface area is 200 Å². The number of fused-ring (bicyclic) bond motifs is 2. The molecule has 1 saturated carbocycles. The Hall–Kier alpha value is -3.22. The number of methoxy groups -OCH3 is 1. The smallest absolute Gasteiger partial charge is 0.167 e. The van der Waals surface area contributed by atoms with Crippen LogP contribution in [0.4, 0.5) is 10.1 Å². The van der Waals surface area contributed by atoms with Crippen molar-refractivity contribution in [1.29, 1.82) is 0 Å². The van der Waals surface area contributed by atoms with Gasteiger partial charge in [0.15, 0.2) is 17.2 Å².